The Balaban J connectivity index is 3.19. The van der Waals surface area contributed by atoms with Gasteiger partial charge in [-0.05, 0) is 64.2 Å². The summed E-state index contributed by atoms with van der Waals surface area (Å²) in [6.07, 6.45) is 36.7. The Labute approximate surface area is 181 Å². The number of hydrogen-bond acceptors (Lipinski definition) is 1. The zero-order valence-electron chi connectivity index (χ0n) is 19.3. The van der Waals surface area contributed by atoms with Crippen LogP contribution in [0.15, 0.2) is 36.5 Å². The molecule has 0 bridgehead atoms. The lowest BCUT2D eigenvalue weighted by Crippen LogP contribution is -1.92. The van der Waals surface area contributed by atoms with Crippen molar-refractivity contribution < 1.29 is 9.90 Å². The van der Waals surface area contributed by atoms with Crippen LogP contribution in [0.25, 0.3) is 0 Å². The molecule has 29 heavy (non-hydrogen) atoms. The molecule has 0 aliphatic heterocycles. The number of allylic oxidation sites excluding steroid dienone is 6. The minimum absolute atomic E-state index is 0.279. The lowest BCUT2D eigenvalue weighted by atomic mass is 10.1. The maximum absolute atomic E-state index is 10.4. The lowest BCUT2D eigenvalue weighted by molar-refractivity contribution is -0.137. The molecule has 0 fully saturated rings. The van der Waals surface area contributed by atoms with Crippen LogP contribution in [-0.2, 0) is 4.79 Å². The molecule has 0 saturated heterocycles. The third-order valence-corrected chi connectivity index (χ3v) is 5.23. The summed E-state index contributed by atoms with van der Waals surface area (Å²) in [5.41, 5.74) is 0. The van der Waals surface area contributed by atoms with Gasteiger partial charge < -0.3 is 5.11 Å². The average molecular weight is 405 g/mol. The molecule has 0 aromatic rings. The van der Waals surface area contributed by atoms with Gasteiger partial charge in [0.15, 0.2) is 0 Å². The van der Waals surface area contributed by atoms with Gasteiger partial charge in [0.05, 0.1) is 0 Å². The highest BCUT2D eigenvalue weighted by Gasteiger charge is 1.93. The molecule has 0 heterocycles. The first-order valence-electron chi connectivity index (χ1n) is 12.4. The Kier molecular flexibility index (Phi) is 23.6. The summed E-state index contributed by atoms with van der Waals surface area (Å²) in [6.45, 7) is 2.27. The highest BCUT2D eigenvalue weighted by Crippen LogP contribution is 2.11. The van der Waals surface area contributed by atoms with Crippen LogP contribution < -0.4 is 0 Å². The zero-order valence-corrected chi connectivity index (χ0v) is 19.3. The maximum atomic E-state index is 10.4. The Morgan fingerprint density at radius 3 is 1.28 bits per heavy atom. The van der Waals surface area contributed by atoms with E-state index >= 15 is 0 Å². The second-order valence-corrected chi connectivity index (χ2v) is 8.18. The van der Waals surface area contributed by atoms with Crippen molar-refractivity contribution in [3.8, 4) is 0 Å². The number of carboxylic acid groups (broad SMARTS) is 1. The molecule has 0 aromatic carbocycles. The summed E-state index contributed by atoms with van der Waals surface area (Å²) in [7, 11) is 0. The summed E-state index contributed by atoms with van der Waals surface area (Å²) in [5, 5.41) is 8.56. The van der Waals surface area contributed by atoms with Crippen LogP contribution in [0.3, 0.4) is 0 Å². The van der Waals surface area contributed by atoms with Crippen molar-refractivity contribution in [2.24, 2.45) is 0 Å². The fraction of sp³-hybridized carbons (Fsp3) is 0.741. The average Bonchev–Trinajstić information content (AvgIpc) is 2.71. The standard InChI is InChI=1S/C27H48O2/c1-2-3-4-5-6-7-8-9-10-11-12-13-14-15-16-17-18-19-20-21-22-23-24-25-26-27(28)29/h7-8,18-19,22-23H,2-6,9-17,20-21,24-26H2,1H3,(H,28,29)/b8-7+,19-18+,23-22+. The van der Waals surface area contributed by atoms with Crippen molar-refractivity contribution in [2.45, 2.75) is 129 Å². The Morgan fingerprint density at radius 1 is 0.517 bits per heavy atom. The first-order valence-corrected chi connectivity index (χ1v) is 12.4. The number of unbranched alkanes of at least 4 members (excludes halogenated alkanes) is 14. The van der Waals surface area contributed by atoms with E-state index in [9.17, 15) is 4.79 Å². The molecule has 1 N–H and O–H groups in total. The summed E-state index contributed by atoms with van der Waals surface area (Å²) in [5.74, 6) is -0.697. The van der Waals surface area contributed by atoms with Gasteiger partial charge in [-0.15, -0.1) is 0 Å². The van der Waals surface area contributed by atoms with Crippen LogP contribution in [0.2, 0.25) is 0 Å². The Morgan fingerprint density at radius 2 is 0.862 bits per heavy atom. The van der Waals surface area contributed by atoms with Crippen LogP contribution in [0.4, 0.5) is 0 Å². The van der Waals surface area contributed by atoms with E-state index in [1.54, 1.807) is 0 Å². The van der Waals surface area contributed by atoms with Crippen molar-refractivity contribution in [3.05, 3.63) is 36.5 Å². The van der Waals surface area contributed by atoms with Crippen LogP contribution in [0, 0.1) is 0 Å². The molecule has 0 rings (SSSR count). The van der Waals surface area contributed by atoms with E-state index in [2.05, 4.69) is 43.4 Å². The SMILES string of the molecule is CCCCCC/C=C/CCCCCCCCC/C=C/CC/C=C/CCCC(=O)O. The van der Waals surface area contributed by atoms with E-state index in [1.165, 1.54) is 89.9 Å². The monoisotopic (exact) mass is 404 g/mol. The third kappa shape index (κ3) is 26.7. The minimum Gasteiger partial charge on any atom is -0.481 e. The maximum Gasteiger partial charge on any atom is 0.303 e. The van der Waals surface area contributed by atoms with Crippen LogP contribution >= 0.6 is 0 Å². The molecule has 0 aromatic heterocycles. The Bertz CT molecular complexity index is 420. The molecule has 0 atom stereocenters. The number of hydrogen-bond donors (Lipinski definition) is 1. The minimum atomic E-state index is -0.697. The van der Waals surface area contributed by atoms with E-state index in [4.69, 9.17) is 5.11 Å². The zero-order chi connectivity index (χ0) is 21.3. The van der Waals surface area contributed by atoms with E-state index in [-0.39, 0.29) is 6.42 Å². The van der Waals surface area contributed by atoms with E-state index in [0.717, 1.165) is 25.7 Å². The molecule has 0 aliphatic carbocycles. The number of rotatable bonds is 22. The van der Waals surface area contributed by atoms with Gasteiger partial charge in [0.1, 0.15) is 0 Å². The molecule has 0 aliphatic rings. The van der Waals surface area contributed by atoms with E-state index < -0.39 is 5.97 Å². The molecule has 2 heteroatoms. The van der Waals surface area contributed by atoms with Crippen molar-refractivity contribution >= 4 is 5.97 Å². The largest absolute Gasteiger partial charge is 0.481 e. The summed E-state index contributed by atoms with van der Waals surface area (Å²) in [4.78, 5) is 10.4. The first kappa shape index (κ1) is 27.7. The fourth-order valence-corrected chi connectivity index (χ4v) is 3.37. The topological polar surface area (TPSA) is 37.3 Å². The third-order valence-electron chi connectivity index (χ3n) is 5.23. The fourth-order valence-electron chi connectivity index (χ4n) is 3.37. The number of carbonyl (C=O) groups is 1. The number of aliphatic carboxylic acids is 1. The second kappa shape index (κ2) is 24.7. The molecule has 0 spiro atoms. The van der Waals surface area contributed by atoms with Crippen molar-refractivity contribution in [1.29, 1.82) is 0 Å². The summed E-state index contributed by atoms with van der Waals surface area (Å²) < 4.78 is 0. The van der Waals surface area contributed by atoms with Gasteiger partial charge in [0.2, 0.25) is 0 Å². The van der Waals surface area contributed by atoms with Crippen LogP contribution in [0.5, 0.6) is 0 Å². The van der Waals surface area contributed by atoms with Gasteiger partial charge in [-0.2, -0.15) is 0 Å². The molecule has 2 nitrogen and oxygen atoms in total. The molecule has 0 unspecified atom stereocenters. The molecule has 0 saturated carbocycles. The van der Waals surface area contributed by atoms with Crippen molar-refractivity contribution in [2.75, 3.05) is 0 Å². The first-order chi connectivity index (χ1) is 14.3. The van der Waals surface area contributed by atoms with Crippen LogP contribution in [-0.4, -0.2) is 11.1 Å². The van der Waals surface area contributed by atoms with E-state index in [1.807, 2.05) is 0 Å². The highest BCUT2D eigenvalue weighted by molar-refractivity contribution is 5.66. The van der Waals surface area contributed by atoms with E-state index in [0.29, 0.717) is 0 Å². The summed E-state index contributed by atoms with van der Waals surface area (Å²) in [6, 6.07) is 0. The summed E-state index contributed by atoms with van der Waals surface area (Å²) >= 11 is 0. The molecule has 168 valence electrons. The lowest BCUT2D eigenvalue weighted by Gasteiger charge is -2.00. The van der Waals surface area contributed by atoms with Gasteiger partial charge in [-0.1, -0.05) is 94.7 Å². The molecule has 0 radical (unpaired) electrons. The van der Waals surface area contributed by atoms with Crippen LogP contribution in [0.1, 0.15) is 129 Å². The molecule has 0 amide bonds. The highest BCUT2D eigenvalue weighted by atomic mass is 16.4. The normalized spacial score (nSPS) is 12.0. The molecular formula is C27H48O2. The second-order valence-electron chi connectivity index (χ2n) is 8.18. The number of carboxylic acids is 1. The molecular weight excluding hydrogens is 356 g/mol. The predicted molar refractivity (Wildman–Crippen MR) is 128 cm³/mol. The Hall–Kier alpha value is -1.31. The van der Waals surface area contributed by atoms with Crippen molar-refractivity contribution in [3.63, 3.8) is 0 Å². The van der Waals surface area contributed by atoms with Gasteiger partial charge in [-0.25, -0.2) is 0 Å². The van der Waals surface area contributed by atoms with Crippen molar-refractivity contribution in [1.82, 2.24) is 0 Å². The van der Waals surface area contributed by atoms with Gasteiger partial charge in [0, 0.05) is 6.42 Å². The smallest absolute Gasteiger partial charge is 0.303 e. The van der Waals surface area contributed by atoms with Gasteiger partial charge in [-0.3, -0.25) is 4.79 Å². The van der Waals surface area contributed by atoms with Gasteiger partial charge in [0.25, 0.3) is 0 Å². The predicted octanol–water partition coefficient (Wildman–Crippen LogP) is 9.17. The quantitative estimate of drug-likeness (QED) is 0.144. The van der Waals surface area contributed by atoms with Gasteiger partial charge >= 0.3 is 5.97 Å².